The van der Waals surface area contributed by atoms with Gasteiger partial charge in [-0.3, -0.25) is 9.78 Å². The van der Waals surface area contributed by atoms with Crippen LogP contribution in [0.2, 0.25) is 0 Å². The van der Waals surface area contributed by atoms with Crippen LogP contribution in [0.5, 0.6) is 0 Å². The van der Waals surface area contributed by atoms with Gasteiger partial charge in [0, 0.05) is 23.1 Å². The molecule has 0 saturated heterocycles. The summed E-state index contributed by atoms with van der Waals surface area (Å²) in [6.45, 7) is 1.52. The Morgan fingerprint density at radius 2 is 2.31 bits per heavy atom. The van der Waals surface area contributed by atoms with Crippen molar-refractivity contribution in [2.24, 2.45) is 5.92 Å². The van der Waals surface area contributed by atoms with Gasteiger partial charge in [0.1, 0.15) is 0 Å². The highest BCUT2D eigenvalue weighted by atomic mass is 79.9. The average molecular weight is 281 g/mol. The van der Waals surface area contributed by atoms with Crippen LogP contribution < -0.4 is 0 Å². The number of pyridine rings is 1. The van der Waals surface area contributed by atoms with Crippen molar-refractivity contribution in [3.63, 3.8) is 0 Å². The number of aromatic nitrogens is 1. The number of hydrogen-bond donors (Lipinski definition) is 0. The molecule has 1 amide bonds. The molecule has 0 aromatic carbocycles. The summed E-state index contributed by atoms with van der Waals surface area (Å²) in [6, 6.07) is 1.97. The van der Waals surface area contributed by atoms with Gasteiger partial charge in [0.25, 0.3) is 0 Å². The molecule has 1 fully saturated rings. The Morgan fingerprint density at radius 3 is 3.06 bits per heavy atom. The molecule has 0 bridgehead atoms. The predicted molar refractivity (Wildman–Crippen MR) is 63.8 cm³/mol. The number of fused-ring (bicyclic) bond motifs is 1. The number of hydrogen-bond acceptors (Lipinski definition) is 2. The summed E-state index contributed by atoms with van der Waals surface area (Å²) in [5.74, 6) is 0.640. The summed E-state index contributed by atoms with van der Waals surface area (Å²) < 4.78 is 1.12. The molecule has 1 aromatic rings. The molecule has 0 N–H and O–H groups in total. The van der Waals surface area contributed by atoms with Crippen LogP contribution in [0, 0.1) is 5.92 Å². The summed E-state index contributed by atoms with van der Waals surface area (Å²) in [7, 11) is 0. The second kappa shape index (κ2) is 3.84. The van der Waals surface area contributed by atoms with E-state index in [0.717, 1.165) is 36.0 Å². The number of halogens is 1. The summed E-state index contributed by atoms with van der Waals surface area (Å²) in [6.07, 6.45) is 4.87. The third kappa shape index (κ3) is 1.75. The molecule has 2 heterocycles. The topological polar surface area (TPSA) is 33.2 Å². The van der Waals surface area contributed by atoms with Crippen LogP contribution in [0.4, 0.5) is 0 Å². The molecule has 16 heavy (non-hydrogen) atoms. The lowest BCUT2D eigenvalue weighted by molar-refractivity contribution is -0.133. The molecular formula is C12H13BrN2O. The van der Waals surface area contributed by atoms with E-state index >= 15 is 0 Å². The average Bonchev–Trinajstić information content (AvgIpc) is 3.12. The highest BCUT2D eigenvalue weighted by Crippen LogP contribution is 2.33. The second-order valence-corrected chi connectivity index (χ2v) is 5.36. The zero-order valence-electron chi connectivity index (χ0n) is 8.95. The van der Waals surface area contributed by atoms with Gasteiger partial charge in [0.2, 0.25) is 5.91 Å². The van der Waals surface area contributed by atoms with Crippen molar-refractivity contribution in [1.82, 2.24) is 9.88 Å². The zero-order valence-corrected chi connectivity index (χ0v) is 10.5. The first-order valence-corrected chi connectivity index (χ1v) is 6.46. The zero-order chi connectivity index (χ0) is 11.1. The van der Waals surface area contributed by atoms with Crippen molar-refractivity contribution >= 4 is 21.8 Å². The van der Waals surface area contributed by atoms with Crippen molar-refractivity contribution in [3.8, 4) is 0 Å². The van der Waals surface area contributed by atoms with Crippen LogP contribution >= 0.6 is 15.9 Å². The fourth-order valence-corrected chi connectivity index (χ4v) is 2.74. The van der Waals surface area contributed by atoms with Crippen molar-refractivity contribution in [2.75, 3.05) is 6.54 Å². The summed E-state index contributed by atoms with van der Waals surface area (Å²) in [5, 5.41) is 0. The molecule has 2 aliphatic rings. The third-order valence-corrected chi connectivity index (χ3v) is 4.04. The highest BCUT2D eigenvalue weighted by molar-refractivity contribution is 9.10. The number of carbonyl (C=O) groups excluding carboxylic acids is 1. The van der Waals surface area contributed by atoms with E-state index in [1.807, 2.05) is 11.0 Å². The highest BCUT2D eigenvalue weighted by Gasteiger charge is 2.34. The molecule has 0 unspecified atom stereocenters. The lowest BCUT2D eigenvalue weighted by Crippen LogP contribution is -2.37. The van der Waals surface area contributed by atoms with E-state index < -0.39 is 0 Å². The Balaban J connectivity index is 1.83. The molecule has 0 radical (unpaired) electrons. The molecular weight excluding hydrogens is 268 g/mol. The van der Waals surface area contributed by atoms with Crippen LogP contribution in [0.15, 0.2) is 16.7 Å². The van der Waals surface area contributed by atoms with Gasteiger partial charge in [-0.2, -0.15) is 0 Å². The summed E-state index contributed by atoms with van der Waals surface area (Å²) >= 11 is 3.54. The van der Waals surface area contributed by atoms with E-state index in [0.29, 0.717) is 18.4 Å². The molecule has 4 heteroatoms. The van der Waals surface area contributed by atoms with E-state index in [1.54, 1.807) is 6.20 Å². The number of amides is 1. The lowest BCUT2D eigenvalue weighted by atomic mass is 10.0. The van der Waals surface area contributed by atoms with E-state index in [-0.39, 0.29) is 0 Å². The second-order valence-electron chi connectivity index (χ2n) is 4.50. The Kier molecular flexibility index (Phi) is 2.46. The molecule has 0 atom stereocenters. The van der Waals surface area contributed by atoms with Gasteiger partial charge in [0.05, 0.1) is 12.2 Å². The number of carbonyl (C=O) groups is 1. The van der Waals surface area contributed by atoms with Gasteiger partial charge in [0.15, 0.2) is 0 Å². The molecule has 1 aromatic heterocycles. The van der Waals surface area contributed by atoms with Crippen molar-refractivity contribution < 1.29 is 4.79 Å². The summed E-state index contributed by atoms with van der Waals surface area (Å²) in [5.41, 5.74) is 2.32. The maximum absolute atomic E-state index is 11.9. The maximum Gasteiger partial charge on any atom is 0.226 e. The molecule has 1 saturated carbocycles. The maximum atomic E-state index is 11.9. The Morgan fingerprint density at radius 1 is 1.50 bits per heavy atom. The van der Waals surface area contributed by atoms with Crippen molar-refractivity contribution in [3.05, 3.63) is 28.0 Å². The van der Waals surface area contributed by atoms with Gasteiger partial charge in [-0.25, -0.2) is 0 Å². The van der Waals surface area contributed by atoms with E-state index in [1.165, 1.54) is 5.56 Å². The molecule has 3 nitrogen and oxygen atoms in total. The fourth-order valence-electron chi connectivity index (χ4n) is 2.19. The minimum atomic E-state index is 0.314. The van der Waals surface area contributed by atoms with Crippen LogP contribution in [0.25, 0.3) is 0 Å². The molecule has 3 rings (SSSR count). The first-order valence-electron chi connectivity index (χ1n) is 5.67. The van der Waals surface area contributed by atoms with Gasteiger partial charge in [-0.1, -0.05) is 15.9 Å². The third-order valence-electron chi connectivity index (χ3n) is 3.30. The van der Waals surface area contributed by atoms with Crippen molar-refractivity contribution in [1.29, 1.82) is 0 Å². The first kappa shape index (κ1) is 10.3. The van der Waals surface area contributed by atoms with E-state index in [2.05, 4.69) is 20.9 Å². The Labute approximate surface area is 103 Å². The quantitative estimate of drug-likeness (QED) is 0.790. The van der Waals surface area contributed by atoms with Crippen LogP contribution in [-0.4, -0.2) is 22.3 Å². The predicted octanol–water partition coefficient (Wildman–Crippen LogP) is 2.14. The largest absolute Gasteiger partial charge is 0.336 e. The standard InChI is InChI=1S/C12H13BrN2O/c13-10-3-5-14-11-7-15(6-4-9(10)11)12(16)8-1-2-8/h3,5,8H,1-2,4,6-7H2. The molecule has 1 aliphatic carbocycles. The van der Waals surface area contributed by atoms with Crippen LogP contribution in [0.3, 0.4) is 0 Å². The monoisotopic (exact) mass is 280 g/mol. The smallest absolute Gasteiger partial charge is 0.226 e. The number of rotatable bonds is 1. The minimum Gasteiger partial charge on any atom is -0.336 e. The normalized spacial score (nSPS) is 19.4. The lowest BCUT2D eigenvalue weighted by Gasteiger charge is -2.28. The minimum absolute atomic E-state index is 0.314. The Hall–Kier alpha value is -0.900. The van der Waals surface area contributed by atoms with Crippen molar-refractivity contribution in [2.45, 2.75) is 25.8 Å². The number of nitrogens with zero attached hydrogens (tertiary/aromatic N) is 2. The Bertz CT molecular complexity index is 443. The van der Waals surface area contributed by atoms with Gasteiger partial charge in [-0.05, 0) is 30.9 Å². The van der Waals surface area contributed by atoms with Crippen LogP contribution in [-0.2, 0) is 17.8 Å². The SMILES string of the molecule is O=C(C1CC1)N1CCc2c(Br)ccnc2C1. The van der Waals surface area contributed by atoms with Gasteiger partial charge >= 0.3 is 0 Å². The molecule has 1 aliphatic heterocycles. The van der Waals surface area contributed by atoms with Gasteiger partial charge in [-0.15, -0.1) is 0 Å². The van der Waals surface area contributed by atoms with Gasteiger partial charge < -0.3 is 4.90 Å². The van der Waals surface area contributed by atoms with Crippen LogP contribution in [0.1, 0.15) is 24.1 Å². The van der Waals surface area contributed by atoms with E-state index in [4.69, 9.17) is 0 Å². The summed E-state index contributed by atoms with van der Waals surface area (Å²) in [4.78, 5) is 18.3. The molecule has 84 valence electrons. The van der Waals surface area contributed by atoms with E-state index in [9.17, 15) is 4.79 Å². The molecule has 0 spiro atoms. The first-order chi connectivity index (χ1) is 7.75. The fraction of sp³-hybridized carbons (Fsp3) is 0.500.